The zero-order valence-electron chi connectivity index (χ0n) is 12.2. The van der Waals surface area contributed by atoms with E-state index in [9.17, 15) is 16.8 Å². The summed E-state index contributed by atoms with van der Waals surface area (Å²) >= 11 is 1.61. The van der Waals surface area contributed by atoms with Crippen molar-refractivity contribution in [1.29, 1.82) is 0 Å². The van der Waals surface area contributed by atoms with E-state index in [1.807, 2.05) is 6.92 Å². The molecule has 1 unspecified atom stereocenters. The van der Waals surface area contributed by atoms with E-state index in [1.165, 1.54) is 12.1 Å². The summed E-state index contributed by atoms with van der Waals surface area (Å²) in [6.07, 6.45) is 1.02. The molecule has 1 atom stereocenters. The summed E-state index contributed by atoms with van der Waals surface area (Å²) in [5, 5.41) is 0. The summed E-state index contributed by atoms with van der Waals surface area (Å²) in [5.74, 6) is 1.51. The number of hydrogen-bond acceptors (Lipinski definition) is 6. The Morgan fingerprint density at radius 2 is 1.90 bits per heavy atom. The van der Waals surface area contributed by atoms with Gasteiger partial charge in [0.15, 0.2) is 9.84 Å². The van der Waals surface area contributed by atoms with Crippen molar-refractivity contribution in [2.75, 3.05) is 23.5 Å². The molecule has 0 spiro atoms. The van der Waals surface area contributed by atoms with E-state index in [1.54, 1.807) is 18.7 Å². The lowest BCUT2D eigenvalue weighted by molar-refractivity contribution is 0.571. The topological polar surface area (TPSA) is 106 Å². The van der Waals surface area contributed by atoms with E-state index in [0.717, 1.165) is 18.1 Å². The van der Waals surface area contributed by atoms with E-state index < -0.39 is 19.9 Å². The van der Waals surface area contributed by atoms with Crippen LogP contribution in [0.1, 0.15) is 13.8 Å². The molecule has 0 saturated carbocycles. The van der Waals surface area contributed by atoms with Gasteiger partial charge in [0.1, 0.15) is 4.90 Å². The standard InChI is InChI=1S/C12H20N2O4S3/c1-4-19-8-9(2)14-21(17,18)12-7-10(20(3,15)16)5-6-11(12)13/h5-7,9,14H,4,8,13H2,1-3H3. The number of sulfone groups is 1. The van der Waals surface area contributed by atoms with Crippen LogP contribution >= 0.6 is 11.8 Å². The van der Waals surface area contributed by atoms with E-state index in [4.69, 9.17) is 5.73 Å². The lowest BCUT2D eigenvalue weighted by Crippen LogP contribution is -2.34. The van der Waals surface area contributed by atoms with Gasteiger partial charge in [0.25, 0.3) is 0 Å². The Labute approximate surface area is 130 Å². The monoisotopic (exact) mass is 352 g/mol. The number of nitrogens with one attached hydrogen (secondary N) is 1. The van der Waals surface area contributed by atoms with Crippen LogP contribution in [0, 0.1) is 0 Å². The average molecular weight is 353 g/mol. The minimum atomic E-state index is -3.86. The maximum atomic E-state index is 12.3. The van der Waals surface area contributed by atoms with E-state index in [-0.39, 0.29) is 21.5 Å². The number of rotatable bonds is 7. The number of sulfonamides is 1. The second-order valence-electron chi connectivity index (χ2n) is 4.65. The van der Waals surface area contributed by atoms with E-state index >= 15 is 0 Å². The molecule has 0 fully saturated rings. The van der Waals surface area contributed by atoms with Crippen molar-refractivity contribution in [3.05, 3.63) is 18.2 Å². The normalized spacial score (nSPS) is 14.0. The molecule has 0 aromatic heterocycles. The van der Waals surface area contributed by atoms with Gasteiger partial charge in [-0.05, 0) is 30.9 Å². The fourth-order valence-electron chi connectivity index (χ4n) is 1.64. The third-order valence-electron chi connectivity index (χ3n) is 2.63. The first-order chi connectivity index (χ1) is 9.58. The predicted octanol–water partition coefficient (Wildman–Crippen LogP) is 1.09. The van der Waals surface area contributed by atoms with Crippen molar-refractivity contribution in [3.63, 3.8) is 0 Å². The quantitative estimate of drug-likeness (QED) is 0.712. The van der Waals surface area contributed by atoms with Crippen molar-refractivity contribution in [3.8, 4) is 0 Å². The van der Waals surface area contributed by atoms with Gasteiger partial charge in [-0.2, -0.15) is 11.8 Å². The van der Waals surface area contributed by atoms with Crippen molar-refractivity contribution in [2.24, 2.45) is 0 Å². The summed E-state index contributed by atoms with van der Waals surface area (Å²) in [6.45, 7) is 3.73. The summed E-state index contributed by atoms with van der Waals surface area (Å²) < 4.78 is 50.2. The smallest absolute Gasteiger partial charge is 0.242 e. The molecule has 0 amide bonds. The van der Waals surface area contributed by atoms with Crippen LogP contribution in [0.2, 0.25) is 0 Å². The van der Waals surface area contributed by atoms with Gasteiger partial charge in [0, 0.05) is 18.1 Å². The summed E-state index contributed by atoms with van der Waals surface area (Å²) in [4.78, 5) is -0.286. The van der Waals surface area contributed by atoms with E-state index in [2.05, 4.69) is 4.72 Å². The average Bonchev–Trinajstić information content (AvgIpc) is 2.34. The number of anilines is 1. The highest BCUT2D eigenvalue weighted by molar-refractivity contribution is 7.99. The van der Waals surface area contributed by atoms with Crippen LogP contribution < -0.4 is 10.5 Å². The van der Waals surface area contributed by atoms with Gasteiger partial charge >= 0.3 is 0 Å². The molecular weight excluding hydrogens is 332 g/mol. The highest BCUT2D eigenvalue weighted by atomic mass is 32.2. The summed E-state index contributed by atoms with van der Waals surface area (Å²) in [7, 11) is -7.35. The van der Waals surface area contributed by atoms with Crippen molar-refractivity contribution < 1.29 is 16.8 Å². The van der Waals surface area contributed by atoms with Crippen LogP contribution in [0.5, 0.6) is 0 Å². The van der Waals surface area contributed by atoms with Crippen molar-refractivity contribution in [2.45, 2.75) is 29.7 Å². The van der Waals surface area contributed by atoms with Gasteiger partial charge in [0.05, 0.1) is 10.6 Å². The molecular formula is C12H20N2O4S3. The van der Waals surface area contributed by atoms with Crippen molar-refractivity contribution >= 4 is 37.3 Å². The molecule has 0 bridgehead atoms. The maximum Gasteiger partial charge on any atom is 0.242 e. The molecule has 0 aliphatic rings. The van der Waals surface area contributed by atoms with Crippen molar-refractivity contribution in [1.82, 2.24) is 4.72 Å². The molecule has 1 aromatic rings. The number of thioether (sulfide) groups is 1. The Hall–Kier alpha value is -0.770. The molecule has 0 aliphatic carbocycles. The van der Waals surface area contributed by atoms with Crippen LogP contribution in [-0.4, -0.2) is 40.6 Å². The number of nitrogens with two attached hydrogens (primary N) is 1. The van der Waals surface area contributed by atoms with Gasteiger partial charge in [-0.1, -0.05) is 6.92 Å². The molecule has 6 nitrogen and oxygen atoms in total. The fourth-order valence-corrected chi connectivity index (χ4v) is 4.54. The van der Waals surface area contributed by atoms with Crippen LogP contribution in [-0.2, 0) is 19.9 Å². The maximum absolute atomic E-state index is 12.3. The molecule has 0 saturated heterocycles. The van der Waals surface area contributed by atoms with Gasteiger partial charge in [-0.3, -0.25) is 0 Å². The second kappa shape index (κ2) is 6.99. The lowest BCUT2D eigenvalue weighted by Gasteiger charge is -2.15. The first-order valence-electron chi connectivity index (χ1n) is 6.27. The van der Waals surface area contributed by atoms with Gasteiger partial charge < -0.3 is 5.73 Å². The fraction of sp³-hybridized carbons (Fsp3) is 0.500. The van der Waals surface area contributed by atoms with Crippen LogP contribution in [0.25, 0.3) is 0 Å². The first-order valence-corrected chi connectivity index (χ1v) is 10.8. The van der Waals surface area contributed by atoms with Crippen LogP contribution in [0.15, 0.2) is 28.0 Å². The first kappa shape index (κ1) is 18.3. The SMILES string of the molecule is CCSCC(C)NS(=O)(=O)c1cc(S(C)(=O)=O)ccc1N. The zero-order valence-corrected chi connectivity index (χ0v) is 14.6. The Balaban J connectivity index is 3.14. The molecule has 3 N–H and O–H groups in total. The second-order valence-corrected chi connectivity index (χ2v) is 9.67. The Kier molecular flexibility index (Phi) is 6.09. The lowest BCUT2D eigenvalue weighted by atomic mass is 10.3. The number of nitrogen functional groups attached to an aromatic ring is 1. The number of benzene rings is 1. The molecule has 1 aromatic carbocycles. The number of hydrogen-bond donors (Lipinski definition) is 2. The highest BCUT2D eigenvalue weighted by Crippen LogP contribution is 2.23. The molecule has 1 rings (SSSR count). The molecule has 120 valence electrons. The summed E-state index contributed by atoms with van der Waals surface area (Å²) in [5.41, 5.74) is 5.69. The largest absolute Gasteiger partial charge is 0.398 e. The minimum absolute atomic E-state index is 0.0187. The third-order valence-corrected chi connectivity index (χ3v) is 6.53. The Morgan fingerprint density at radius 3 is 2.43 bits per heavy atom. The third kappa shape index (κ3) is 5.17. The molecule has 0 aliphatic heterocycles. The zero-order chi connectivity index (χ0) is 16.3. The van der Waals surface area contributed by atoms with E-state index in [0.29, 0.717) is 5.75 Å². The molecule has 9 heteroatoms. The van der Waals surface area contributed by atoms with Crippen LogP contribution in [0.4, 0.5) is 5.69 Å². The molecule has 21 heavy (non-hydrogen) atoms. The van der Waals surface area contributed by atoms with Gasteiger partial charge in [-0.15, -0.1) is 0 Å². The molecule has 0 radical (unpaired) electrons. The summed E-state index contributed by atoms with van der Waals surface area (Å²) in [6, 6.07) is 3.39. The predicted molar refractivity (Wildman–Crippen MR) is 86.7 cm³/mol. The Bertz CT molecular complexity index is 699. The van der Waals surface area contributed by atoms with Crippen LogP contribution in [0.3, 0.4) is 0 Å². The van der Waals surface area contributed by atoms with Gasteiger partial charge in [-0.25, -0.2) is 21.6 Å². The highest BCUT2D eigenvalue weighted by Gasteiger charge is 2.22. The molecule has 0 heterocycles. The Morgan fingerprint density at radius 1 is 1.29 bits per heavy atom. The minimum Gasteiger partial charge on any atom is -0.398 e. The van der Waals surface area contributed by atoms with Gasteiger partial charge in [0.2, 0.25) is 10.0 Å².